The summed E-state index contributed by atoms with van der Waals surface area (Å²) in [7, 11) is 0. The molecule has 12 heavy (non-hydrogen) atoms. The third-order valence-corrected chi connectivity index (χ3v) is 1.39. The number of nitrogens with zero attached hydrogens (tertiary/aromatic N) is 1. The fraction of sp³-hybridized carbons (Fsp3) is 0.111. The second-order valence-corrected chi connectivity index (χ2v) is 2.24. The van der Waals surface area contributed by atoms with Crippen molar-refractivity contribution >= 4 is 12.0 Å². The second-order valence-electron chi connectivity index (χ2n) is 2.24. The number of pyridine rings is 1. The summed E-state index contributed by atoms with van der Waals surface area (Å²) < 4.78 is 0. The van der Waals surface area contributed by atoms with Crippen LogP contribution < -0.4 is 0 Å². The van der Waals surface area contributed by atoms with Gasteiger partial charge in [-0.25, -0.2) is 4.79 Å². The number of hydrogen-bond acceptors (Lipinski definition) is 2. The van der Waals surface area contributed by atoms with Crippen molar-refractivity contribution in [3.8, 4) is 0 Å². The summed E-state index contributed by atoms with van der Waals surface area (Å²) in [6.07, 6.45) is 5.00. The molecule has 0 fully saturated rings. The van der Waals surface area contributed by atoms with Gasteiger partial charge in [0.05, 0.1) is 11.3 Å². The third kappa shape index (κ3) is 1.69. The number of aromatic carboxylic acids is 1. The number of carboxylic acid groups (broad SMARTS) is 1. The Morgan fingerprint density at radius 2 is 2.42 bits per heavy atom. The summed E-state index contributed by atoms with van der Waals surface area (Å²) in [4.78, 5) is 14.5. The van der Waals surface area contributed by atoms with E-state index in [1.807, 2.05) is 6.92 Å². The Morgan fingerprint density at radius 3 is 3.00 bits per heavy atom. The lowest BCUT2D eigenvalue weighted by molar-refractivity contribution is 0.0696. The van der Waals surface area contributed by atoms with Crippen LogP contribution in [0.25, 0.3) is 6.08 Å². The van der Waals surface area contributed by atoms with E-state index in [1.165, 1.54) is 6.07 Å². The average Bonchev–Trinajstić information content (AvgIpc) is 2.05. The van der Waals surface area contributed by atoms with E-state index in [2.05, 4.69) is 4.98 Å². The normalized spacial score (nSPS) is 10.4. The molecule has 0 spiro atoms. The SMILES string of the molecule is CC=Cc1ncccc1C(=O)O. The smallest absolute Gasteiger partial charge is 0.337 e. The summed E-state index contributed by atoms with van der Waals surface area (Å²) >= 11 is 0. The average molecular weight is 163 g/mol. The Bertz CT molecular complexity index is 318. The first kappa shape index (κ1) is 8.46. The third-order valence-electron chi connectivity index (χ3n) is 1.39. The van der Waals surface area contributed by atoms with Crippen molar-refractivity contribution in [3.05, 3.63) is 35.7 Å². The van der Waals surface area contributed by atoms with Gasteiger partial charge in [-0.15, -0.1) is 0 Å². The van der Waals surface area contributed by atoms with Gasteiger partial charge in [-0.05, 0) is 25.1 Å². The van der Waals surface area contributed by atoms with Gasteiger partial charge in [-0.1, -0.05) is 6.08 Å². The van der Waals surface area contributed by atoms with Gasteiger partial charge in [0.1, 0.15) is 0 Å². The molecule has 0 bridgehead atoms. The molecule has 3 heteroatoms. The van der Waals surface area contributed by atoms with Crippen molar-refractivity contribution in [3.63, 3.8) is 0 Å². The maximum Gasteiger partial charge on any atom is 0.337 e. The molecule has 62 valence electrons. The first-order valence-electron chi connectivity index (χ1n) is 3.56. The molecule has 0 radical (unpaired) electrons. The molecule has 0 aliphatic rings. The number of hydrogen-bond donors (Lipinski definition) is 1. The van der Waals surface area contributed by atoms with Gasteiger partial charge in [-0.3, -0.25) is 4.98 Å². The predicted octanol–water partition coefficient (Wildman–Crippen LogP) is 1.81. The molecule has 1 rings (SSSR count). The highest BCUT2D eigenvalue weighted by molar-refractivity contribution is 5.91. The predicted molar refractivity (Wildman–Crippen MR) is 45.9 cm³/mol. The lowest BCUT2D eigenvalue weighted by Gasteiger charge is -1.97. The lowest BCUT2D eigenvalue weighted by atomic mass is 10.2. The summed E-state index contributed by atoms with van der Waals surface area (Å²) in [5, 5.41) is 8.72. The van der Waals surface area contributed by atoms with Crippen LogP contribution in [0.4, 0.5) is 0 Å². The molecule has 1 aromatic heterocycles. The molecule has 0 aliphatic carbocycles. The number of allylic oxidation sites excluding steroid dienone is 1. The van der Waals surface area contributed by atoms with Crippen LogP contribution in [0.1, 0.15) is 23.0 Å². The molecule has 0 aliphatic heterocycles. The Labute approximate surface area is 70.4 Å². The Balaban J connectivity index is 3.17. The van der Waals surface area contributed by atoms with Crippen LogP contribution in [0.2, 0.25) is 0 Å². The fourth-order valence-electron chi connectivity index (χ4n) is 0.889. The summed E-state index contributed by atoms with van der Waals surface area (Å²) in [6, 6.07) is 3.14. The zero-order valence-corrected chi connectivity index (χ0v) is 6.69. The minimum absolute atomic E-state index is 0.232. The molecular formula is C9H9NO2. The van der Waals surface area contributed by atoms with Crippen LogP contribution in [-0.4, -0.2) is 16.1 Å². The van der Waals surface area contributed by atoms with Crippen LogP contribution in [0.15, 0.2) is 24.4 Å². The molecule has 0 aromatic carbocycles. The number of carboxylic acids is 1. The molecule has 0 unspecified atom stereocenters. The minimum atomic E-state index is -0.948. The highest BCUT2D eigenvalue weighted by Gasteiger charge is 2.06. The molecule has 3 nitrogen and oxygen atoms in total. The molecular weight excluding hydrogens is 154 g/mol. The van der Waals surface area contributed by atoms with E-state index in [1.54, 1.807) is 24.4 Å². The maximum atomic E-state index is 10.6. The molecule has 0 amide bonds. The molecule has 0 atom stereocenters. The van der Waals surface area contributed by atoms with Crippen LogP contribution in [0.5, 0.6) is 0 Å². The van der Waals surface area contributed by atoms with Crippen molar-refractivity contribution < 1.29 is 9.90 Å². The van der Waals surface area contributed by atoms with E-state index in [-0.39, 0.29) is 5.56 Å². The summed E-state index contributed by atoms with van der Waals surface area (Å²) in [6.45, 7) is 1.82. The highest BCUT2D eigenvalue weighted by atomic mass is 16.4. The van der Waals surface area contributed by atoms with Gasteiger partial charge >= 0.3 is 5.97 Å². The van der Waals surface area contributed by atoms with Crippen molar-refractivity contribution in [2.24, 2.45) is 0 Å². The largest absolute Gasteiger partial charge is 0.478 e. The van der Waals surface area contributed by atoms with Gasteiger partial charge in [0.15, 0.2) is 0 Å². The van der Waals surface area contributed by atoms with Crippen molar-refractivity contribution in [2.45, 2.75) is 6.92 Å². The molecule has 1 heterocycles. The Hall–Kier alpha value is -1.64. The van der Waals surface area contributed by atoms with E-state index in [9.17, 15) is 4.79 Å². The van der Waals surface area contributed by atoms with Gasteiger partial charge in [0.2, 0.25) is 0 Å². The summed E-state index contributed by atoms with van der Waals surface area (Å²) in [5.41, 5.74) is 0.725. The van der Waals surface area contributed by atoms with Crippen LogP contribution in [0, 0.1) is 0 Å². The van der Waals surface area contributed by atoms with Gasteiger partial charge in [0.25, 0.3) is 0 Å². The van der Waals surface area contributed by atoms with Gasteiger partial charge < -0.3 is 5.11 Å². The van der Waals surface area contributed by atoms with E-state index in [0.717, 1.165) is 0 Å². The highest BCUT2D eigenvalue weighted by Crippen LogP contribution is 2.06. The standard InChI is InChI=1S/C9H9NO2/c1-2-4-8-7(9(11)12)5-3-6-10-8/h2-6H,1H3,(H,11,12). The topological polar surface area (TPSA) is 50.2 Å². The van der Waals surface area contributed by atoms with E-state index in [0.29, 0.717) is 5.69 Å². The molecule has 1 aromatic rings. The monoisotopic (exact) mass is 163 g/mol. The molecule has 0 saturated heterocycles. The molecule has 0 saturated carbocycles. The van der Waals surface area contributed by atoms with Crippen molar-refractivity contribution in [1.29, 1.82) is 0 Å². The van der Waals surface area contributed by atoms with Crippen LogP contribution in [-0.2, 0) is 0 Å². The van der Waals surface area contributed by atoms with E-state index in [4.69, 9.17) is 5.11 Å². The number of rotatable bonds is 2. The number of carbonyl (C=O) groups is 1. The van der Waals surface area contributed by atoms with Gasteiger partial charge in [-0.2, -0.15) is 0 Å². The van der Waals surface area contributed by atoms with E-state index < -0.39 is 5.97 Å². The van der Waals surface area contributed by atoms with E-state index >= 15 is 0 Å². The first-order chi connectivity index (χ1) is 5.75. The Kier molecular flexibility index (Phi) is 2.58. The van der Waals surface area contributed by atoms with Crippen LogP contribution in [0.3, 0.4) is 0 Å². The quantitative estimate of drug-likeness (QED) is 0.723. The maximum absolute atomic E-state index is 10.6. The lowest BCUT2D eigenvalue weighted by Crippen LogP contribution is -2.00. The zero-order valence-electron chi connectivity index (χ0n) is 6.69. The summed E-state index contributed by atoms with van der Waals surface area (Å²) in [5.74, 6) is -0.948. The minimum Gasteiger partial charge on any atom is -0.478 e. The second kappa shape index (κ2) is 3.67. The molecule has 1 N–H and O–H groups in total. The first-order valence-corrected chi connectivity index (χ1v) is 3.56. The van der Waals surface area contributed by atoms with Crippen molar-refractivity contribution in [2.75, 3.05) is 0 Å². The van der Waals surface area contributed by atoms with Crippen molar-refractivity contribution in [1.82, 2.24) is 4.98 Å². The fourth-order valence-corrected chi connectivity index (χ4v) is 0.889. The Morgan fingerprint density at radius 1 is 1.67 bits per heavy atom. The zero-order chi connectivity index (χ0) is 8.97. The number of aromatic nitrogens is 1. The van der Waals surface area contributed by atoms with Gasteiger partial charge in [0, 0.05) is 6.20 Å². The van der Waals surface area contributed by atoms with Crippen LogP contribution >= 0.6 is 0 Å².